The molecule has 0 aliphatic carbocycles. The van der Waals surface area contributed by atoms with Crippen LogP contribution >= 0.6 is 0 Å². The molecule has 2 fully saturated rings. The molecular weight excluding hydrogens is 302 g/mol. The third-order valence-electron chi connectivity index (χ3n) is 5.44. The second-order valence-corrected chi connectivity index (χ2v) is 7.94. The Bertz CT molecular complexity index is 371. The highest BCUT2D eigenvalue weighted by Gasteiger charge is 2.25. The third-order valence-corrected chi connectivity index (χ3v) is 5.44. The maximum absolute atomic E-state index is 12.5. The summed E-state index contributed by atoms with van der Waals surface area (Å²) in [6.45, 7) is 16.1. The van der Waals surface area contributed by atoms with Gasteiger partial charge in [0.25, 0.3) is 0 Å². The molecule has 0 N–H and O–H groups in total. The van der Waals surface area contributed by atoms with Crippen LogP contribution in [0.1, 0.15) is 47.0 Å². The molecule has 24 heavy (non-hydrogen) atoms. The van der Waals surface area contributed by atoms with Crippen molar-refractivity contribution in [3.05, 3.63) is 0 Å². The first kappa shape index (κ1) is 19.7. The lowest BCUT2D eigenvalue weighted by molar-refractivity contribution is -0.134. The van der Waals surface area contributed by atoms with Gasteiger partial charge in [0.15, 0.2) is 0 Å². The van der Waals surface area contributed by atoms with Gasteiger partial charge in [-0.2, -0.15) is 0 Å². The lowest BCUT2D eigenvalue weighted by atomic mass is 9.94. The monoisotopic (exact) mass is 339 g/mol. The van der Waals surface area contributed by atoms with Crippen molar-refractivity contribution in [2.75, 3.05) is 52.4 Å². The van der Waals surface area contributed by atoms with Gasteiger partial charge in [-0.1, -0.05) is 0 Å². The van der Waals surface area contributed by atoms with Crippen LogP contribution in [0.3, 0.4) is 0 Å². The molecule has 0 bridgehead atoms. The zero-order valence-corrected chi connectivity index (χ0v) is 16.2. The van der Waals surface area contributed by atoms with Crippen LogP contribution in [0.15, 0.2) is 0 Å². The summed E-state index contributed by atoms with van der Waals surface area (Å²) in [7, 11) is 0. The molecule has 2 saturated heterocycles. The average Bonchev–Trinajstić information content (AvgIpc) is 2.56. The molecule has 0 saturated carbocycles. The Morgan fingerprint density at radius 2 is 1.62 bits per heavy atom. The van der Waals surface area contributed by atoms with E-state index in [4.69, 9.17) is 4.74 Å². The second kappa shape index (κ2) is 9.73. The molecule has 5 nitrogen and oxygen atoms in total. The number of hydrogen-bond acceptors (Lipinski definition) is 4. The van der Waals surface area contributed by atoms with E-state index in [2.05, 4.69) is 42.4 Å². The van der Waals surface area contributed by atoms with E-state index in [1.54, 1.807) is 0 Å². The molecule has 1 amide bonds. The van der Waals surface area contributed by atoms with Crippen LogP contribution in [0.2, 0.25) is 0 Å². The fourth-order valence-electron chi connectivity index (χ4n) is 3.68. The van der Waals surface area contributed by atoms with Crippen LogP contribution < -0.4 is 0 Å². The Morgan fingerprint density at radius 1 is 1.00 bits per heavy atom. The Balaban J connectivity index is 1.62. The van der Waals surface area contributed by atoms with Crippen molar-refractivity contribution in [1.82, 2.24) is 14.7 Å². The van der Waals surface area contributed by atoms with Crippen molar-refractivity contribution < 1.29 is 9.53 Å². The van der Waals surface area contributed by atoms with Crippen LogP contribution in [0.4, 0.5) is 0 Å². The predicted octanol–water partition coefficient (Wildman–Crippen LogP) is 2.07. The van der Waals surface area contributed by atoms with Crippen molar-refractivity contribution >= 4 is 5.91 Å². The van der Waals surface area contributed by atoms with Gasteiger partial charge in [0, 0.05) is 38.8 Å². The molecule has 0 radical (unpaired) electrons. The molecule has 2 rings (SSSR count). The summed E-state index contributed by atoms with van der Waals surface area (Å²) in [5, 5.41) is 0. The van der Waals surface area contributed by atoms with Gasteiger partial charge >= 0.3 is 0 Å². The Morgan fingerprint density at radius 3 is 2.17 bits per heavy atom. The number of carbonyl (C=O) groups is 1. The van der Waals surface area contributed by atoms with Gasteiger partial charge in [0.05, 0.1) is 12.6 Å². The first-order valence-electron chi connectivity index (χ1n) is 9.81. The standard InChI is InChI=1S/C19H37N3O2/c1-16(2)21-10-12-22(13-11-21)19(23)15-20-8-5-18(6-9-20)7-14-24-17(3)4/h16-18H,5-15H2,1-4H3. The summed E-state index contributed by atoms with van der Waals surface area (Å²) in [5.41, 5.74) is 0. The number of carbonyl (C=O) groups excluding carboxylic acids is 1. The van der Waals surface area contributed by atoms with E-state index in [-0.39, 0.29) is 0 Å². The normalized spacial score (nSPS) is 21.8. The Labute approximate surface area is 148 Å². The van der Waals surface area contributed by atoms with Gasteiger partial charge in [-0.3, -0.25) is 14.6 Å². The maximum atomic E-state index is 12.5. The number of ether oxygens (including phenoxy) is 1. The number of rotatable bonds is 7. The molecule has 2 aliphatic rings. The summed E-state index contributed by atoms with van der Waals surface area (Å²) < 4.78 is 5.66. The zero-order valence-electron chi connectivity index (χ0n) is 16.2. The minimum absolute atomic E-state index is 0.319. The van der Waals surface area contributed by atoms with Gasteiger partial charge in [0.2, 0.25) is 5.91 Å². The highest BCUT2D eigenvalue weighted by molar-refractivity contribution is 5.78. The van der Waals surface area contributed by atoms with E-state index in [1.165, 1.54) is 12.8 Å². The second-order valence-electron chi connectivity index (χ2n) is 7.94. The van der Waals surface area contributed by atoms with Crippen molar-refractivity contribution in [3.63, 3.8) is 0 Å². The molecular formula is C19H37N3O2. The van der Waals surface area contributed by atoms with E-state index in [0.717, 1.165) is 58.2 Å². The number of piperazine rings is 1. The molecule has 0 unspecified atom stereocenters. The fraction of sp³-hybridized carbons (Fsp3) is 0.947. The molecule has 5 heteroatoms. The number of piperidine rings is 1. The number of amides is 1. The summed E-state index contributed by atoms with van der Waals surface area (Å²) in [6, 6.07) is 0.584. The molecule has 0 spiro atoms. The Hall–Kier alpha value is -0.650. The molecule has 2 aliphatic heterocycles. The topological polar surface area (TPSA) is 36.0 Å². The van der Waals surface area contributed by atoms with Gasteiger partial charge in [-0.15, -0.1) is 0 Å². The van der Waals surface area contributed by atoms with Crippen molar-refractivity contribution in [3.8, 4) is 0 Å². The van der Waals surface area contributed by atoms with Crippen molar-refractivity contribution in [2.24, 2.45) is 5.92 Å². The lowest BCUT2D eigenvalue weighted by Crippen LogP contribution is -2.53. The SMILES string of the molecule is CC(C)OCCC1CCN(CC(=O)N2CCN(C(C)C)CC2)CC1. The van der Waals surface area contributed by atoms with E-state index in [1.807, 2.05) is 0 Å². The van der Waals surface area contributed by atoms with Gasteiger partial charge in [-0.25, -0.2) is 0 Å². The zero-order chi connectivity index (χ0) is 17.5. The summed E-state index contributed by atoms with van der Waals surface area (Å²) in [5.74, 6) is 1.09. The van der Waals surface area contributed by atoms with E-state index < -0.39 is 0 Å². The fourth-order valence-corrected chi connectivity index (χ4v) is 3.68. The predicted molar refractivity (Wildman–Crippen MR) is 98.2 cm³/mol. The van der Waals surface area contributed by atoms with Crippen LogP contribution in [-0.4, -0.2) is 85.2 Å². The number of hydrogen-bond donors (Lipinski definition) is 0. The molecule has 0 aromatic rings. The minimum Gasteiger partial charge on any atom is -0.379 e. The first-order chi connectivity index (χ1) is 11.5. The van der Waals surface area contributed by atoms with Crippen molar-refractivity contribution in [2.45, 2.75) is 59.1 Å². The quantitative estimate of drug-likeness (QED) is 0.711. The smallest absolute Gasteiger partial charge is 0.236 e. The van der Waals surface area contributed by atoms with Crippen LogP contribution in [0, 0.1) is 5.92 Å². The van der Waals surface area contributed by atoms with Gasteiger partial charge in [-0.05, 0) is 66.0 Å². The summed E-state index contributed by atoms with van der Waals surface area (Å²) in [6.07, 6.45) is 3.90. The summed E-state index contributed by atoms with van der Waals surface area (Å²) >= 11 is 0. The van der Waals surface area contributed by atoms with Crippen molar-refractivity contribution in [1.29, 1.82) is 0 Å². The highest BCUT2D eigenvalue weighted by Crippen LogP contribution is 2.20. The van der Waals surface area contributed by atoms with Gasteiger partial charge in [0.1, 0.15) is 0 Å². The Kier molecular flexibility index (Phi) is 7.98. The molecule has 0 aromatic carbocycles. The van der Waals surface area contributed by atoms with Crippen LogP contribution in [0.25, 0.3) is 0 Å². The molecule has 0 atom stereocenters. The minimum atomic E-state index is 0.319. The summed E-state index contributed by atoms with van der Waals surface area (Å²) in [4.78, 5) is 19.4. The molecule has 140 valence electrons. The van der Waals surface area contributed by atoms with Gasteiger partial charge < -0.3 is 9.64 Å². The number of nitrogens with zero attached hydrogens (tertiary/aromatic N) is 3. The highest BCUT2D eigenvalue weighted by atomic mass is 16.5. The largest absolute Gasteiger partial charge is 0.379 e. The van der Waals surface area contributed by atoms with Crippen LogP contribution in [-0.2, 0) is 9.53 Å². The lowest BCUT2D eigenvalue weighted by Gasteiger charge is -2.38. The van der Waals surface area contributed by atoms with Crippen LogP contribution in [0.5, 0.6) is 0 Å². The van der Waals surface area contributed by atoms with E-state index >= 15 is 0 Å². The average molecular weight is 340 g/mol. The van der Waals surface area contributed by atoms with E-state index in [0.29, 0.717) is 24.6 Å². The molecule has 2 heterocycles. The maximum Gasteiger partial charge on any atom is 0.236 e. The first-order valence-corrected chi connectivity index (χ1v) is 9.81. The number of likely N-dealkylation sites (tertiary alicyclic amines) is 1. The molecule has 0 aromatic heterocycles. The third kappa shape index (κ3) is 6.34. The van der Waals surface area contributed by atoms with E-state index in [9.17, 15) is 4.79 Å².